The van der Waals surface area contributed by atoms with E-state index in [9.17, 15) is 14.4 Å². The van der Waals surface area contributed by atoms with Crippen molar-refractivity contribution >= 4 is 17.9 Å². The summed E-state index contributed by atoms with van der Waals surface area (Å²) in [6.45, 7) is 6.37. The molecular formula is C75H122O6. The zero-order valence-corrected chi connectivity index (χ0v) is 52.5. The van der Waals surface area contributed by atoms with E-state index in [1.165, 1.54) is 103 Å². The Labute approximate surface area is 499 Å². The number of hydrogen-bond donors (Lipinski definition) is 0. The van der Waals surface area contributed by atoms with Crippen molar-refractivity contribution in [1.82, 2.24) is 0 Å². The van der Waals surface area contributed by atoms with Crippen molar-refractivity contribution in [3.8, 4) is 0 Å². The maximum Gasteiger partial charge on any atom is 0.306 e. The van der Waals surface area contributed by atoms with Crippen LogP contribution in [0.1, 0.15) is 290 Å². The van der Waals surface area contributed by atoms with Gasteiger partial charge in [-0.1, -0.05) is 276 Å². The fourth-order valence-electron chi connectivity index (χ4n) is 8.88. The van der Waals surface area contributed by atoms with E-state index >= 15 is 0 Å². The van der Waals surface area contributed by atoms with Gasteiger partial charge in [0.15, 0.2) is 6.10 Å². The Morgan fingerprint density at radius 3 is 0.790 bits per heavy atom. The van der Waals surface area contributed by atoms with Gasteiger partial charge in [-0.25, -0.2) is 0 Å². The second-order valence-corrected chi connectivity index (χ2v) is 21.6. The Balaban J connectivity index is 4.45. The quantitative estimate of drug-likeness (QED) is 0.0261. The van der Waals surface area contributed by atoms with Crippen molar-refractivity contribution in [2.75, 3.05) is 13.2 Å². The first-order valence-electron chi connectivity index (χ1n) is 33.3. The van der Waals surface area contributed by atoms with Gasteiger partial charge >= 0.3 is 17.9 Å². The molecule has 0 aromatic rings. The van der Waals surface area contributed by atoms with Crippen LogP contribution < -0.4 is 0 Å². The average molecular weight is 1120 g/mol. The SMILES string of the molecule is CC/C=C\C/C=C\C/C=C\C/C=C\C/C=C\C/C=C\C/C=C\CCCCCCCC(=O)OCC(COC(=O)CCCC/C=C\C/C=C\C/C=C\C/C=C\CC)OC(=O)CCCCCCCCCCC/C=C\CCCCCCCCCC. The molecule has 0 aliphatic rings. The molecule has 1 atom stereocenters. The Morgan fingerprint density at radius 2 is 0.481 bits per heavy atom. The summed E-state index contributed by atoms with van der Waals surface area (Å²) < 4.78 is 16.9. The maximum atomic E-state index is 12.9. The molecule has 0 fully saturated rings. The first-order valence-corrected chi connectivity index (χ1v) is 33.3. The number of allylic oxidation sites excluding steroid dienone is 24. The molecular weight excluding hydrogens is 997 g/mol. The predicted molar refractivity (Wildman–Crippen MR) is 352 cm³/mol. The highest BCUT2D eigenvalue weighted by Gasteiger charge is 2.19. The van der Waals surface area contributed by atoms with Crippen LogP contribution in [0, 0.1) is 0 Å². The lowest BCUT2D eigenvalue weighted by Crippen LogP contribution is -2.30. The third-order valence-corrected chi connectivity index (χ3v) is 13.8. The summed E-state index contributed by atoms with van der Waals surface area (Å²) in [6.07, 6.45) is 97.2. The number of carbonyl (C=O) groups is 3. The summed E-state index contributed by atoms with van der Waals surface area (Å²) in [5.41, 5.74) is 0. The smallest absolute Gasteiger partial charge is 0.306 e. The second kappa shape index (κ2) is 67.8. The Kier molecular flexibility index (Phi) is 63.9. The van der Waals surface area contributed by atoms with Crippen LogP contribution in [0.2, 0.25) is 0 Å². The zero-order valence-electron chi connectivity index (χ0n) is 52.5. The van der Waals surface area contributed by atoms with Gasteiger partial charge in [-0.2, -0.15) is 0 Å². The molecule has 0 aromatic heterocycles. The van der Waals surface area contributed by atoms with Gasteiger partial charge in [-0.05, 0) is 141 Å². The minimum atomic E-state index is -0.812. The van der Waals surface area contributed by atoms with Gasteiger partial charge in [0.2, 0.25) is 0 Å². The van der Waals surface area contributed by atoms with Crippen LogP contribution in [0.15, 0.2) is 146 Å². The van der Waals surface area contributed by atoms with E-state index in [2.05, 4.69) is 167 Å². The minimum Gasteiger partial charge on any atom is -0.462 e. The summed E-state index contributed by atoms with van der Waals surface area (Å²) in [7, 11) is 0. The Morgan fingerprint density at radius 1 is 0.259 bits per heavy atom. The maximum absolute atomic E-state index is 12.9. The fourth-order valence-corrected chi connectivity index (χ4v) is 8.88. The lowest BCUT2D eigenvalue weighted by molar-refractivity contribution is -0.167. The molecule has 0 bridgehead atoms. The first-order chi connectivity index (χ1) is 40.0. The number of ether oxygens (including phenoxy) is 3. The lowest BCUT2D eigenvalue weighted by Gasteiger charge is -2.18. The highest BCUT2D eigenvalue weighted by atomic mass is 16.6. The molecule has 6 nitrogen and oxygen atoms in total. The van der Waals surface area contributed by atoms with Gasteiger partial charge in [-0.3, -0.25) is 14.4 Å². The number of esters is 3. The zero-order chi connectivity index (χ0) is 58.5. The normalized spacial score (nSPS) is 13.1. The number of unbranched alkanes of at least 4 members (excludes halogenated alkanes) is 24. The van der Waals surface area contributed by atoms with E-state index in [4.69, 9.17) is 14.2 Å². The molecule has 0 aromatic carbocycles. The molecule has 0 saturated heterocycles. The van der Waals surface area contributed by atoms with E-state index < -0.39 is 6.10 Å². The molecule has 1 unspecified atom stereocenters. The molecule has 0 spiro atoms. The first kappa shape index (κ1) is 76.3. The van der Waals surface area contributed by atoms with Gasteiger partial charge in [0.25, 0.3) is 0 Å². The van der Waals surface area contributed by atoms with Gasteiger partial charge in [0.1, 0.15) is 13.2 Å². The van der Waals surface area contributed by atoms with Gasteiger partial charge < -0.3 is 14.2 Å². The minimum absolute atomic E-state index is 0.107. The number of rotatable bonds is 59. The lowest BCUT2D eigenvalue weighted by atomic mass is 10.1. The number of carbonyl (C=O) groups excluding carboxylic acids is 3. The van der Waals surface area contributed by atoms with Crippen LogP contribution in [-0.2, 0) is 28.6 Å². The Hall–Kier alpha value is -4.71. The van der Waals surface area contributed by atoms with Crippen molar-refractivity contribution in [2.24, 2.45) is 0 Å². The monoisotopic (exact) mass is 1120 g/mol. The highest BCUT2D eigenvalue weighted by molar-refractivity contribution is 5.71. The summed E-state index contributed by atoms with van der Waals surface area (Å²) in [6, 6.07) is 0. The molecule has 0 N–H and O–H groups in total. The van der Waals surface area contributed by atoms with Gasteiger partial charge in [-0.15, -0.1) is 0 Å². The van der Waals surface area contributed by atoms with E-state index in [0.717, 1.165) is 141 Å². The molecule has 0 aliphatic carbocycles. The average Bonchev–Trinajstić information content (AvgIpc) is 3.47. The summed E-state index contributed by atoms with van der Waals surface area (Å²) in [5, 5.41) is 0. The van der Waals surface area contributed by atoms with Gasteiger partial charge in [0, 0.05) is 19.3 Å². The van der Waals surface area contributed by atoms with E-state index in [-0.39, 0.29) is 31.1 Å². The summed E-state index contributed by atoms with van der Waals surface area (Å²) >= 11 is 0. The molecule has 81 heavy (non-hydrogen) atoms. The second-order valence-electron chi connectivity index (χ2n) is 21.6. The molecule has 0 aliphatic heterocycles. The van der Waals surface area contributed by atoms with Crippen molar-refractivity contribution in [3.63, 3.8) is 0 Å². The van der Waals surface area contributed by atoms with Gasteiger partial charge in [0.05, 0.1) is 0 Å². The molecule has 0 heterocycles. The summed E-state index contributed by atoms with van der Waals surface area (Å²) in [4.78, 5) is 38.4. The highest BCUT2D eigenvalue weighted by Crippen LogP contribution is 2.15. The van der Waals surface area contributed by atoms with Crippen LogP contribution in [-0.4, -0.2) is 37.2 Å². The van der Waals surface area contributed by atoms with Crippen molar-refractivity contribution in [3.05, 3.63) is 146 Å². The third kappa shape index (κ3) is 66.0. The molecule has 458 valence electrons. The molecule has 6 heteroatoms. The molecule has 0 rings (SSSR count). The van der Waals surface area contributed by atoms with Crippen molar-refractivity contribution < 1.29 is 28.6 Å². The van der Waals surface area contributed by atoms with Crippen molar-refractivity contribution in [1.29, 1.82) is 0 Å². The largest absolute Gasteiger partial charge is 0.462 e. The van der Waals surface area contributed by atoms with Crippen LogP contribution in [0.3, 0.4) is 0 Å². The summed E-state index contributed by atoms with van der Waals surface area (Å²) in [5.74, 6) is -0.966. The topological polar surface area (TPSA) is 78.9 Å². The number of hydrogen-bond acceptors (Lipinski definition) is 6. The van der Waals surface area contributed by atoms with Crippen molar-refractivity contribution in [2.45, 2.75) is 297 Å². The van der Waals surface area contributed by atoms with Crippen LogP contribution in [0.5, 0.6) is 0 Å². The van der Waals surface area contributed by atoms with Crippen LogP contribution in [0.4, 0.5) is 0 Å². The standard InChI is InChI=1S/C75H122O6/c1-4-7-10-13-16-19-22-25-28-30-32-34-35-36-37-38-39-41-42-44-47-50-53-56-59-62-65-68-74(77)80-71-72(70-79-73(76)67-64-61-58-55-52-49-46-27-24-21-18-15-12-9-6-3)81-75(78)69-66-63-60-57-54-51-48-45-43-40-33-31-29-26-23-20-17-14-11-8-5-2/h7,9-10,12,16,18-19,21,25,27-28,31-34,36-37,39,41,44,46-47,52,55,72H,4-6,8,11,13-15,17,20,22-24,26,29-30,35,38,40,42-43,45,48-51,53-54,56-71H2,1-3H3/b10-7-,12-9-,19-16-,21-18-,28-25-,33-31-,34-32-,37-36-,41-39-,46-27-,47-44-,55-52-. The fraction of sp³-hybridized carbons (Fsp3) is 0.640. The molecule has 0 radical (unpaired) electrons. The third-order valence-electron chi connectivity index (χ3n) is 13.8. The molecule has 0 saturated carbocycles. The van der Waals surface area contributed by atoms with E-state index in [0.29, 0.717) is 25.7 Å². The predicted octanol–water partition coefficient (Wildman–Crippen LogP) is 23.1. The van der Waals surface area contributed by atoms with Crippen LogP contribution >= 0.6 is 0 Å². The van der Waals surface area contributed by atoms with Crippen LogP contribution in [0.25, 0.3) is 0 Å². The molecule has 0 amide bonds. The van der Waals surface area contributed by atoms with E-state index in [1.807, 2.05) is 0 Å². The van der Waals surface area contributed by atoms with E-state index in [1.54, 1.807) is 0 Å². The Bertz CT molecular complexity index is 1760.